The lowest BCUT2D eigenvalue weighted by Gasteiger charge is -2.16. The standard InChI is InChI=1S/C15H16N2S/c1-2-12-10-13(18)17-14(16-12)15(8-9-15)11-6-4-3-5-7-11/h3-7,10H,2,8-9H2,1H3,(H,16,17,18). The highest BCUT2D eigenvalue weighted by atomic mass is 32.1. The molecule has 1 aliphatic carbocycles. The van der Waals surface area contributed by atoms with Crippen LogP contribution in [0.1, 0.15) is 36.8 Å². The van der Waals surface area contributed by atoms with Crippen LogP contribution < -0.4 is 0 Å². The van der Waals surface area contributed by atoms with Gasteiger partial charge >= 0.3 is 0 Å². The molecule has 2 aromatic rings. The summed E-state index contributed by atoms with van der Waals surface area (Å²) in [5.74, 6) is 1.04. The molecule has 0 saturated heterocycles. The van der Waals surface area contributed by atoms with Crippen LogP contribution in [0.5, 0.6) is 0 Å². The first-order chi connectivity index (χ1) is 8.74. The number of aryl methyl sites for hydroxylation is 1. The van der Waals surface area contributed by atoms with Gasteiger partial charge in [0.25, 0.3) is 0 Å². The lowest BCUT2D eigenvalue weighted by Crippen LogP contribution is -2.14. The van der Waals surface area contributed by atoms with Crippen molar-refractivity contribution in [3.05, 3.63) is 58.1 Å². The molecule has 1 heterocycles. The fourth-order valence-electron chi connectivity index (χ4n) is 2.47. The minimum atomic E-state index is 0.0833. The second-order valence-corrected chi connectivity index (χ2v) is 5.31. The molecule has 3 heteroatoms. The summed E-state index contributed by atoms with van der Waals surface area (Å²) in [7, 11) is 0. The van der Waals surface area contributed by atoms with E-state index in [-0.39, 0.29) is 5.41 Å². The second kappa shape index (κ2) is 4.32. The summed E-state index contributed by atoms with van der Waals surface area (Å²) in [4.78, 5) is 8.01. The summed E-state index contributed by atoms with van der Waals surface area (Å²) < 4.78 is 0.697. The minimum absolute atomic E-state index is 0.0833. The van der Waals surface area contributed by atoms with Crippen LogP contribution in [0.2, 0.25) is 0 Å². The summed E-state index contributed by atoms with van der Waals surface area (Å²) in [6.45, 7) is 2.13. The maximum atomic E-state index is 5.27. The molecule has 1 aromatic carbocycles. The van der Waals surface area contributed by atoms with Crippen molar-refractivity contribution in [1.82, 2.24) is 9.97 Å². The quantitative estimate of drug-likeness (QED) is 0.847. The Morgan fingerprint density at radius 2 is 2.00 bits per heavy atom. The topological polar surface area (TPSA) is 28.7 Å². The number of aromatic nitrogens is 2. The molecule has 0 aliphatic heterocycles. The van der Waals surface area contributed by atoms with E-state index in [2.05, 4.69) is 47.2 Å². The van der Waals surface area contributed by atoms with E-state index in [1.54, 1.807) is 0 Å². The van der Waals surface area contributed by atoms with Crippen molar-refractivity contribution in [3.63, 3.8) is 0 Å². The Morgan fingerprint density at radius 3 is 2.61 bits per heavy atom. The third-order valence-corrected chi connectivity index (χ3v) is 3.92. The van der Waals surface area contributed by atoms with Crippen LogP contribution >= 0.6 is 12.2 Å². The average molecular weight is 256 g/mol. The van der Waals surface area contributed by atoms with Gasteiger partial charge in [-0.25, -0.2) is 4.98 Å². The van der Waals surface area contributed by atoms with Gasteiger partial charge in [-0.05, 0) is 30.9 Å². The van der Waals surface area contributed by atoms with Gasteiger partial charge in [0.2, 0.25) is 0 Å². The molecule has 92 valence electrons. The Kier molecular flexibility index (Phi) is 2.78. The number of nitrogens with one attached hydrogen (secondary N) is 1. The molecule has 1 saturated carbocycles. The first-order valence-corrected chi connectivity index (χ1v) is 6.82. The van der Waals surface area contributed by atoms with Gasteiger partial charge in [-0.15, -0.1) is 0 Å². The van der Waals surface area contributed by atoms with E-state index in [0.29, 0.717) is 4.64 Å². The van der Waals surface area contributed by atoms with Crippen molar-refractivity contribution in [2.45, 2.75) is 31.6 Å². The van der Waals surface area contributed by atoms with Crippen molar-refractivity contribution in [1.29, 1.82) is 0 Å². The summed E-state index contributed by atoms with van der Waals surface area (Å²) in [6.07, 6.45) is 3.27. The van der Waals surface area contributed by atoms with Crippen LogP contribution in [0, 0.1) is 4.64 Å². The number of aromatic amines is 1. The van der Waals surface area contributed by atoms with E-state index in [0.717, 1.165) is 25.1 Å². The van der Waals surface area contributed by atoms with Crippen molar-refractivity contribution >= 4 is 12.2 Å². The van der Waals surface area contributed by atoms with Crippen LogP contribution in [0.25, 0.3) is 0 Å². The monoisotopic (exact) mass is 256 g/mol. The van der Waals surface area contributed by atoms with Crippen molar-refractivity contribution in [3.8, 4) is 0 Å². The summed E-state index contributed by atoms with van der Waals surface area (Å²) >= 11 is 5.27. The van der Waals surface area contributed by atoms with E-state index < -0.39 is 0 Å². The molecular weight excluding hydrogens is 240 g/mol. The number of rotatable bonds is 3. The van der Waals surface area contributed by atoms with Crippen molar-refractivity contribution in [2.24, 2.45) is 0 Å². The normalized spacial score (nSPS) is 16.5. The molecule has 1 N–H and O–H groups in total. The predicted molar refractivity (Wildman–Crippen MR) is 75.3 cm³/mol. The molecular formula is C15H16N2S. The fourth-order valence-corrected chi connectivity index (χ4v) is 2.70. The third-order valence-electron chi connectivity index (χ3n) is 3.71. The van der Waals surface area contributed by atoms with E-state index in [4.69, 9.17) is 12.2 Å². The largest absolute Gasteiger partial charge is 0.346 e. The molecule has 1 aliphatic rings. The van der Waals surface area contributed by atoms with Gasteiger partial charge in [-0.1, -0.05) is 49.5 Å². The number of hydrogen-bond donors (Lipinski definition) is 1. The number of hydrogen-bond acceptors (Lipinski definition) is 2. The van der Waals surface area contributed by atoms with E-state index >= 15 is 0 Å². The number of nitrogens with zero attached hydrogens (tertiary/aromatic N) is 1. The molecule has 1 fully saturated rings. The third kappa shape index (κ3) is 1.89. The maximum Gasteiger partial charge on any atom is 0.130 e. The van der Waals surface area contributed by atoms with Crippen LogP contribution in [0.3, 0.4) is 0 Å². The molecule has 0 spiro atoms. The molecule has 18 heavy (non-hydrogen) atoms. The summed E-state index contributed by atoms with van der Waals surface area (Å²) in [5.41, 5.74) is 2.60. The fraction of sp³-hybridized carbons (Fsp3) is 0.333. The zero-order chi connectivity index (χ0) is 12.6. The van der Waals surface area contributed by atoms with Crippen molar-refractivity contribution < 1.29 is 0 Å². The van der Waals surface area contributed by atoms with Crippen LogP contribution in [-0.4, -0.2) is 9.97 Å². The molecule has 0 bridgehead atoms. The molecule has 0 amide bonds. The van der Waals surface area contributed by atoms with E-state index in [1.165, 1.54) is 11.3 Å². The Morgan fingerprint density at radius 1 is 1.28 bits per heavy atom. The van der Waals surface area contributed by atoms with E-state index in [9.17, 15) is 0 Å². The highest BCUT2D eigenvalue weighted by Gasteiger charge is 2.48. The predicted octanol–water partition coefficient (Wildman–Crippen LogP) is 3.78. The van der Waals surface area contributed by atoms with Gasteiger partial charge in [-0.2, -0.15) is 0 Å². The van der Waals surface area contributed by atoms with Gasteiger partial charge in [0.1, 0.15) is 10.5 Å². The Bertz CT molecular complexity index is 612. The maximum absolute atomic E-state index is 5.27. The minimum Gasteiger partial charge on any atom is -0.346 e. The highest BCUT2D eigenvalue weighted by Crippen LogP contribution is 2.51. The van der Waals surface area contributed by atoms with Gasteiger partial charge in [0.15, 0.2) is 0 Å². The van der Waals surface area contributed by atoms with Crippen LogP contribution in [0.15, 0.2) is 36.4 Å². The van der Waals surface area contributed by atoms with Crippen LogP contribution in [-0.2, 0) is 11.8 Å². The molecule has 2 nitrogen and oxygen atoms in total. The van der Waals surface area contributed by atoms with E-state index in [1.807, 2.05) is 6.07 Å². The first-order valence-electron chi connectivity index (χ1n) is 6.41. The zero-order valence-electron chi connectivity index (χ0n) is 10.4. The Hall–Kier alpha value is -1.48. The number of benzene rings is 1. The Labute approximate surface area is 112 Å². The van der Waals surface area contributed by atoms with Crippen molar-refractivity contribution in [2.75, 3.05) is 0 Å². The molecule has 0 unspecified atom stereocenters. The first kappa shape index (κ1) is 11.6. The van der Waals surface area contributed by atoms with Gasteiger partial charge in [-0.3, -0.25) is 0 Å². The molecule has 0 atom stereocenters. The Balaban J connectivity index is 2.10. The number of H-pyrrole nitrogens is 1. The smallest absolute Gasteiger partial charge is 0.130 e. The highest BCUT2D eigenvalue weighted by molar-refractivity contribution is 7.71. The summed E-state index contributed by atoms with van der Waals surface area (Å²) in [6, 6.07) is 12.6. The van der Waals surface area contributed by atoms with Crippen LogP contribution in [0.4, 0.5) is 0 Å². The van der Waals surface area contributed by atoms with Gasteiger partial charge < -0.3 is 4.98 Å². The molecule has 1 aromatic heterocycles. The van der Waals surface area contributed by atoms with Gasteiger partial charge in [0.05, 0.1) is 5.41 Å². The SMILES string of the molecule is CCc1cc(=S)nc(C2(c3ccccc3)CC2)[nH]1. The van der Waals surface area contributed by atoms with Gasteiger partial charge in [0, 0.05) is 5.69 Å². The lowest BCUT2D eigenvalue weighted by molar-refractivity contribution is 0.737. The molecule has 3 rings (SSSR count). The summed E-state index contributed by atoms with van der Waals surface area (Å²) in [5, 5.41) is 0. The molecule has 0 radical (unpaired) electrons. The average Bonchev–Trinajstić information content (AvgIpc) is 3.20. The zero-order valence-corrected chi connectivity index (χ0v) is 11.3. The lowest BCUT2D eigenvalue weighted by atomic mass is 9.95. The second-order valence-electron chi connectivity index (χ2n) is 4.89.